The molecule has 5 nitrogen and oxygen atoms in total. The molecule has 0 fully saturated rings. The molecule has 0 spiro atoms. The van der Waals surface area contributed by atoms with Crippen LogP contribution in [-0.2, 0) is 16.4 Å². The van der Waals surface area contributed by atoms with E-state index < -0.39 is 10.0 Å². The predicted octanol–water partition coefficient (Wildman–Crippen LogP) is 2.38. The zero-order valence-corrected chi connectivity index (χ0v) is 14.0. The number of hydrogen-bond donors (Lipinski definition) is 2. The van der Waals surface area contributed by atoms with Gasteiger partial charge in [0.15, 0.2) is 5.13 Å². The van der Waals surface area contributed by atoms with Crippen molar-refractivity contribution in [1.82, 2.24) is 10.3 Å². The maximum Gasteiger partial charge on any atom is 0.273 e. The topological polar surface area (TPSA) is 71.1 Å². The Bertz CT molecular complexity index is 669. The first kappa shape index (κ1) is 15.4. The van der Waals surface area contributed by atoms with E-state index in [0.29, 0.717) is 9.34 Å². The number of thiazole rings is 1. The van der Waals surface area contributed by atoms with Crippen molar-refractivity contribution in [3.8, 4) is 0 Å². The third-order valence-corrected chi connectivity index (χ3v) is 6.87. The second kappa shape index (κ2) is 6.21. The van der Waals surface area contributed by atoms with Crippen molar-refractivity contribution in [2.24, 2.45) is 0 Å². The number of aromatic nitrogens is 1. The number of likely N-dealkylation sites (N-methyl/N-ethyl adjacent to an activating group) is 1. The lowest BCUT2D eigenvalue weighted by Gasteiger charge is -2.01. The van der Waals surface area contributed by atoms with Gasteiger partial charge >= 0.3 is 0 Å². The highest BCUT2D eigenvalue weighted by Crippen LogP contribution is 2.27. The molecule has 0 atom stereocenters. The minimum absolute atomic E-state index is 0.328. The standard InChI is InChI=1S/C12H17N3O2S3/c1-8-9(2)18-12(14-8)15-20(16,17)11-5-4-10(19-11)6-7-13-3/h4-5,13H,6-7H2,1-3H3,(H,14,15). The van der Waals surface area contributed by atoms with Crippen LogP contribution in [0.1, 0.15) is 15.4 Å². The smallest absolute Gasteiger partial charge is 0.273 e. The third-order valence-electron chi connectivity index (χ3n) is 2.77. The summed E-state index contributed by atoms with van der Waals surface area (Å²) >= 11 is 2.65. The van der Waals surface area contributed by atoms with E-state index in [1.54, 1.807) is 6.07 Å². The highest BCUT2D eigenvalue weighted by atomic mass is 32.2. The van der Waals surface area contributed by atoms with Gasteiger partial charge in [-0.3, -0.25) is 4.72 Å². The Balaban J connectivity index is 2.15. The number of anilines is 1. The Hall–Kier alpha value is -0.960. The molecule has 2 aromatic rings. The van der Waals surface area contributed by atoms with Gasteiger partial charge in [0, 0.05) is 9.75 Å². The van der Waals surface area contributed by atoms with Crippen LogP contribution in [0, 0.1) is 13.8 Å². The van der Waals surface area contributed by atoms with Crippen LogP contribution in [0.4, 0.5) is 5.13 Å². The van der Waals surface area contributed by atoms with Crippen molar-refractivity contribution in [3.05, 3.63) is 27.6 Å². The summed E-state index contributed by atoms with van der Waals surface area (Å²) in [5, 5.41) is 3.47. The number of thiophene rings is 1. The van der Waals surface area contributed by atoms with Crippen molar-refractivity contribution < 1.29 is 8.42 Å². The van der Waals surface area contributed by atoms with Crippen LogP contribution in [0.2, 0.25) is 0 Å². The minimum Gasteiger partial charge on any atom is -0.319 e. The van der Waals surface area contributed by atoms with Crippen LogP contribution in [0.15, 0.2) is 16.3 Å². The van der Waals surface area contributed by atoms with E-state index in [1.165, 1.54) is 22.7 Å². The second-order valence-corrected chi connectivity index (χ2v) is 8.62. The lowest BCUT2D eigenvalue weighted by Crippen LogP contribution is -2.11. The first-order valence-electron chi connectivity index (χ1n) is 6.12. The number of rotatable bonds is 6. The molecule has 0 aliphatic heterocycles. The van der Waals surface area contributed by atoms with Crippen LogP contribution < -0.4 is 10.0 Å². The highest BCUT2D eigenvalue weighted by Gasteiger charge is 2.19. The first-order chi connectivity index (χ1) is 9.42. The van der Waals surface area contributed by atoms with E-state index >= 15 is 0 Å². The average molecular weight is 331 g/mol. The van der Waals surface area contributed by atoms with Gasteiger partial charge in [0.05, 0.1) is 5.69 Å². The van der Waals surface area contributed by atoms with Gasteiger partial charge in [-0.05, 0) is 46.0 Å². The zero-order valence-electron chi connectivity index (χ0n) is 11.6. The van der Waals surface area contributed by atoms with Gasteiger partial charge in [-0.2, -0.15) is 0 Å². The molecule has 20 heavy (non-hydrogen) atoms. The zero-order chi connectivity index (χ0) is 14.8. The van der Waals surface area contributed by atoms with E-state index in [9.17, 15) is 8.42 Å². The molecule has 0 unspecified atom stereocenters. The molecule has 2 aromatic heterocycles. The monoisotopic (exact) mass is 331 g/mol. The molecule has 0 bridgehead atoms. The summed E-state index contributed by atoms with van der Waals surface area (Å²) in [5.74, 6) is 0. The SMILES string of the molecule is CNCCc1ccc(S(=O)(=O)Nc2nc(C)c(C)s2)s1. The predicted molar refractivity (Wildman–Crippen MR) is 84.3 cm³/mol. The van der Waals surface area contributed by atoms with Crippen LogP contribution in [0.5, 0.6) is 0 Å². The Morgan fingerprint density at radius 2 is 2.00 bits per heavy atom. The average Bonchev–Trinajstić information content (AvgIpc) is 2.95. The molecule has 0 amide bonds. The molecule has 8 heteroatoms. The molecule has 0 aliphatic carbocycles. The van der Waals surface area contributed by atoms with Crippen molar-refractivity contribution in [3.63, 3.8) is 0 Å². The van der Waals surface area contributed by atoms with Gasteiger partial charge < -0.3 is 5.32 Å². The Morgan fingerprint density at radius 1 is 1.25 bits per heavy atom. The normalized spacial score (nSPS) is 11.8. The van der Waals surface area contributed by atoms with Gasteiger partial charge in [-0.15, -0.1) is 22.7 Å². The maximum atomic E-state index is 12.3. The molecule has 2 heterocycles. The number of nitrogens with one attached hydrogen (secondary N) is 2. The lowest BCUT2D eigenvalue weighted by atomic mass is 10.3. The van der Waals surface area contributed by atoms with E-state index in [2.05, 4.69) is 15.0 Å². The maximum absolute atomic E-state index is 12.3. The summed E-state index contributed by atoms with van der Waals surface area (Å²) < 4.78 is 27.4. The highest BCUT2D eigenvalue weighted by molar-refractivity contribution is 7.94. The van der Waals surface area contributed by atoms with Gasteiger partial charge in [0.25, 0.3) is 10.0 Å². The molecular formula is C12H17N3O2S3. The number of hydrogen-bond acceptors (Lipinski definition) is 6. The summed E-state index contributed by atoms with van der Waals surface area (Å²) in [4.78, 5) is 6.26. The van der Waals surface area contributed by atoms with Crippen molar-refractivity contribution in [1.29, 1.82) is 0 Å². The van der Waals surface area contributed by atoms with E-state index in [-0.39, 0.29) is 0 Å². The van der Waals surface area contributed by atoms with Crippen molar-refractivity contribution in [2.45, 2.75) is 24.5 Å². The van der Waals surface area contributed by atoms with Gasteiger partial charge in [-0.25, -0.2) is 13.4 Å². The van der Waals surface area contributed by atoms with Gasteiger partial charge in [-0.1, -0.05) is 0 Å². The fraction of sp³-hybridized carbons (Fsp3) is 0.417. The number of nitrogens with zero attached hydrogens (tertiary/aromatic N) is 1. The molecule has 2 rings (SSSR count). The Morgan fingerprint density at radius 3 is 2.60 bits per heavy atom. The van der Waals surface area contributed by atoms with Gasteiger partial charge in [0.2, 0.25) is 0 Å². The Kier molecular flexibility index (Phi) is 4.79. The molecule has 0 aromatic carbocycles. The molecule has 0 saturated heterocycles. The largest absolute Gasteiger partial charge is 0.319 e. The minimum atomic E-state index is -3.52. The first-order valence-corrected chi connectivity index (χ1v) is 9.24. The number of aryl methyl sites for hydroxylation is 2. The molecule has 0 saturated carbocycles. The molecule has 0 radical (unpaired) electrons. The summed E-state index contributed by atoms with van der Waals surface area (Å²) in [7, 11) is -1.65. The fourth-order valence-corrected chi connectivity index (χ4v) is 4.97. The van der Waals surface area contributed by atoms with E-state index in [4.69, 9.17) is 0 Å². The fourth-order valence-electron chi connectivity index (χ4n) is 1.57. The second-order valence-electron chi connectivity index (χ2n) is 4.34. The summed E-state index contributed by atoms with van der Waals surface area (Å²) in [5.41, 5.74) is 0.855. The van der Waals surface area contributed by atoms with Crippen LogP contribution in [-0.4, -0.2) is 27.0 Å². The summed E-state index contributed by atoms with van der Waals surface area (Å²) in [6.07, 6.45) is 0.826. The number of sulfonamides is 1. The van der Waals surface area contributed by atoms with Crippen LogP contribution in [0.3, 0.4) is 0 Å². The summed E-state index contributed by atoms with van der Waals surface area (Å²) in [6, 6.07) is 3.50. The quantitative estimate of drug-likeness (QED) is 0.852. The Labute approximate surface area is 127 Å². The van der Waals surface area contributed by atoms with Crippen LogP contribution >= 0.6 is 22.7 Å². The summed E-state index contributed by atoms with van der Waals surface area (Å²) in [6.45, 7) is 4.62. The molecular weight excluding hydrogens is 314 g/mol. The molecule has 110 valence electrons. The molecule has 2 N–H and O–H groups in total. The lowest BCUT2D eigenvalue weighted by molar-refractivity contribution is 0.603. The molecule has 0 aliphatic rings. The van der Waals surface area contributed by atoms with E-state index in [0.717, 1.165) is 28.4 Å². The van der Waals surface area contributed by atoms with Crippen molar-refractivity contribution in [2.75, 3.05) is 18.3 Å². The van der Waals surface area contributed by atoms with Gasteiger partial charge in [0.1, 0.15) is 4.21 Å². The van der Waals surface area contributed by atoms with E-state index in [1.807, 2.05) is 27.0 Å². The van der Waals surface area contributed by atoms with Crippen LogP contribution in [0.25, 0.3) is 0 Å². The van der Waals surface area contributed by atoms with Crippen molar-refractivity contribution >= 4 is 37.8 Å². The third kappa shape index (κ3) is 3.57.